The van der Waals surface area contributed by atoms with Crippen LogP contribution in [-0.4, -0.2) is 34.1 Å². The number of rotatable bonds is 4. The largest absolute Gasteiger partial charge is 0.324 e. The van der Waals surface area contributed by atoms with Crippen molar-refractivity contribution in [3.63, 3.8) is 0 Å². The first kappa shape index (κ1) is 17.6. The number of carbonyl (C=O) groups excluding carboxylic acids is 3. The monoisotopic (exact) mass is 373 g/mol. The number of nitrogens with zero attached hydrogens (tertiary/aromatic N) is 2. The molecule has 0 aromatic heterocycles. The van der Waals surface area contributed by atoms with E-state index in [2.05, 4.69) is 5.32 Å². The zero-order valence-corrected chi connectivity index (χ0v) is 14.2. The molecule has 0 radical (unpaired) electrons. The maximum absolute atomic E-state index is 12.4. The van der Waals surface area contributed by atoms with E-state index < -0.39 is 34.9 Å². The van der Waals surface area contributed by atoms with Crippen molar-refractivity contribution >= 4 is 40.7 Å². The van der Waals surface area contributed by atoms with Crippen molar-refractivity contribution in [1.29, 1.82) is 0 Å². The summed E-state index contributed by atoms with van der Waals surface area (Å²) >= 11 is 5.99. The first-order valence-electron chi connectivity index (χ1n) is 7.49. The molecule has 0 bridgehead atoms. The van der Waals surface area contributed by atoms with Crippen LogP contribution in [0.3, 0.4) is 0 Å². The Hall–Kier alpha value is -3.26. The molecule has 0 saturated heterocycles. The van der Waals surface area contributed by atoms with E-state index in [1.807, 2.05) is 0 Å². The van der Waals surface area contributed by atoms with E-state index in [0.29, 0.717) is 15.6 Å². The fourth-order valence-corrected chi connectivity index (χ4v) is 2.81. The quantitative estimate of drug-likeness (QED) is 0.503. The van der Waals surface area contributed by atoms with Crippen LogP contribution in [0.2, 0.25) is 5.02 Å². The van der Waals surface area contributed by atoms with Crippen molar-refractivity contribution in [2.24, 2.45) is 0 Å². The second kappa shape index (κ2) is 6.57. The SMILES string of the molecule is Cc1ccc(NC(=O)CN2C(=O)c3cccc([N+](=O)[O-])c3C2=O)cc1Cl. The highest BCUT2D eigenvalue weighted by Crippen LogP contribution is 2.30. The van der Waals surface area contributed by atoms with Gasteiger partial charge in [0.1, 0.15) is 12.1 Å². The standard InChI is InChI=1S/C17H12ClN3O5/c1-9-5-6-10(7-12(9)18)19-14(22)8-20-16(23)11-3-2-4-13(21(25)26)15(11)17(20)24/h2-7H,8H2,1H3,(H,19,22). The van der Waals surface area contributed by atoms with Gasteiger partial charge in [-0.05, 0) is 30.7 Å². The fourth-order valence-electron chi connectivity index (χ4n) is 2.63. The lowest BCUT2D eigenvalue weighted by Gasteiger charge is -2.14. The van der Waals surface area contributed by atoms with Crippen molar-refractivity contribution < 1.29 is 19.3 Å². The molecule has 0 unspecified atom stereocenters. The molecule has 1 heterocycles. The number of nitrogens with one attached hydrogen (secondary N) is 1. The van der Waals surface area contributed by atoms with Gasteiger partial charge in [-0.25, -0.2) is 0 Å². The Balaban J connectivity index is 1.80. The van der Waals surface area contributed by atoms with Crippen molar-refractivity contribution in [3.05, 3.63) is 68.2 Å². The van der Waals surface area contributed by atoms with Gasteiger partial charge in [-0.2, -0.15) is 0 Å². The van der Waals surface area contributed by atoms with Gasteiger partial charge in [0, 0.05) is 16.8 Å². The summed E-state index contributed by atoms with van der Waals surface area (Å²) in [6, 6.07) is 8.67. The second-order valence-electron chi connectivity index (χ2n) is 5.67. The van der Waals surface area contributed by atoms with Crippen LogP contribution in [0.5, 0.6) is 0 Å². The molecule has 132 valence electrons. The van der Waals surface area contributed by atoms with E-state index in [1.165, 1.54) is 12.1 Å². The number of anilines is 1. The minimum atomic E-state index is -0.866. The van der Waals surface area contributed by atoms with Crippen molar-refractivity contribution in [3.8, 4) is 0 Å². The van der Waals surface area contributed by atoms with Crippen LogP contribution in [0.4, 0.5) is 11.4 Å². The first-order valence-corrected chi connectivity index (χ1v) is 7.87. The number of aryl methyl sites for hydroxylation is 1. The molecule has 2 aromatic rings. The Bertz CT molecular complexity index is 973. The molecule has 0 atom stereocenters. The number of benzene rings is 2. The van der Waals surface area contributed by atoms with Gasteiger partial charge in [0.25, 0.3) is 17.5 Å². The number of hydrogen-bond donors (Lipinski definition) is 1. The number of carbonyl (C=O) groups is 3. The van der Waals surface area contributed by atoms with Gasteiger partial charge in [0.2, 0.25) is 5.91 Å². The zero-order chi connectivity index (χ0) is 19.0. The highest BCUT2D eigenvalue weighted by molar-refractivity contribution is 6.31. The highest BCUT2D eigenvalue weighted by atomic mass is 35.5. The van der Waals surface area contributed by atoms with Crippen LogP contribution < -0.4 is 5.32 Å². The van der Waals surface area contributed by atoms with E-state index in [9.17, 15) is 24.5 Å². The molecule has 0 saturated carbocycles. The van der Waals surface area contributed by atoms with E-state index in [1.54, 1.807) is 25.1 Å². The average Bonchev–Trinajstić information content (AvgIpc) is 2.83. The highest BCUT2D eigenvalue weighted by Gasteiger charge is 2.41. The Kier molecular flexibility index (Phi) is 4.43. The summed E-state index contributed by atoms with van der Waals surface area (Å²) in [7, 11) is 0. The summed E-state index contributed by atoms with van der Waals surface area (Å²) in [6.45, 7) is 1.24. The molecular weight excluding hydrogens is 362 g/mol. The normalized spacial score (nSPS) is 12.9. The van der Waals surface area contributed by atoms with Crippen LogP contribution >= 0.6 is 11.6 Å². The zero-order valence-electron chi connectivity index (χ0n) is 13.5. The summed E-state index contributed by atoms with van der Waals surface area (Å²) in [4.78, 5) is 48.0. The van der Waals surface area contributed by atoms with Crippen LogP contribution in [0, 0.1) is 17.0 Å². The predicted molar refractivity (Wildman–Crippen MR) is 93.3 cm³/mol. The summed E-state index contributed by atoms with van der Waals surface area (Å²) in [6.07, 6.45) is 0. The molecule has 0 fully saturated rings. The second-order valence-corrected chi connectivity index (χ2v) is 6.07. The number of amides is 3. The minimum absolute atomic E-state index is 0.0876. The molecule has 3 amide bonds. The Morgan fingerprint density at radius 2 is 1.96 bits per heavy atom. The van der Waals surface area contributed by atoms with Crippen LogP contribution in [0.25, 0.3) is 0 Å². The predicted octanol–water partition coefficient (Wildman–Crippen LogP) is 2.79. The maximum Gasteiger partial charge on any atom is 0.282 e. The van der Waals surface area contributed by atoms with E-state index in [4.69, 9.17) is 11.6 Å². The van der Waals surface area contributed by atoms with E-state index in [-0.39, 0.29) is 11.1 Å². The van der Waals surface area contributed by atoms with Crippen LogP contribution in [-0.2, 0) is 4.79 Å². The van der Waals surface area contributed by atoms with Crippen LogP contribution in [0.1, 0.15) is 26.3 Å². The van der Waals surface area contributed by atoms with E-state index in [0.717, 1.165) is 11.6 Å². The number of nitro benzene ring substituents is 1. The molecule has 1 aliphatic heterocycles. The average molecular weight is 374 g/mol. The Labute approximate surface area is 152 Å². The first-order chi connectivity index (χ1) is 12.3. The van der Waals surface area contributed by atoms with Gasteiger partial charge >= 0.3 is 0 Å². The number of fused-ring (bicyclic) bond motifs is 1. The maximum atomic E-state index is 12.4. The Morgan fingerprint density at radius 3 is 2.62 bits per heavy atom. The number of imide groups is 1. The summed E-state index contributed by atoms with van der Waals surface area (Å²) < 4.78 is 0. The number of halogens is 1. The smallest absolute Gasteiger partial charge is 0.282 e. The molecule has 3 rings (SSSR count). The molecule has 26 heavy (non-hydrogen) atoms. The van der Waals surface area contributed by atoms with Gasteiger partial charge in [-0.3, -0.25) is 29.4 Å². The Morgan fingerprint density at radius 1 is 1.23 bits per heavy atom. The molecule has 2 aromatic carbocycles. The molecule has 0 aliphatic carbocycles. The topological polar surface area (TPSA) is 110 Å². The van der Waals surface area contributed by atoms with Crippen molar-refractivity contribution in [1.82, 2.24) is 4.90 Å². The third kappa shape index (κ3) is 3.02. The molecule has 1 N–H and O–H groups in total. The number of hydrogen-bond acceptors (Lipinski definition) is 5. The lowest BCUT2D eigenvalue weighted by atomic mass is 10.1. The van der Waals surface area contributed by atoms with Gasteiger partial charge in [-0.15, -0.1) is 0 Å². The van der Waals surface area contributed by atoms with Gasteiger partial charge in [-0.1, -0.05) is 23.7 Å². The van der Waals surface area contributed by atoms with Crippen LogP contribution in [0.15, 0.2) is 36.4 Å². The lowest BCUT2D eigenvalue weighted by molar-refractivity contribution is -0.385. The van der Waals surface area contributed by atoms with E-state index >= 15 is 0 Å². The third-order valence-electron chi connectivity index (χ3n) is 3.93. The summed E-state index contributed by atoms with van der Waals surface area (Å²) in [5.74, 6) is -2.23. The summed E-state index contributed by atoms with van der Waals surface area (Å²) in [5.41, 5.74) is 0.392. The molecule has 8 nitrogen and oxygen atoms in total. The van der Waals surface area contributed by atoms with Gasteiger partial charge in [0.15, 0.2) is 0 Å². The van der Waals surface area contributed by atoms with Gasteiger partial charge < -0.3 is 5.32 Å². The molecule has 1 aliphatic rings. The summed E-state index contributed by atoms with van der Waals surface area (Å²) in [5, 5.41) is 14.1. The van der Waals surface area contributed by atoms with Crippen molar-refractivity contribution in [2.75, 3.05) is 11.9 Å². The third-order valence-corrected chi connectivity index (χ3v) is 4.34. The molecular formula is C17H12ClN3O5. The lowest BCUT2D eigenvalue weighted by Crippen LogP contribution is -2.37. The van der Waals surface area contributed by atoms with Gasteiger partial charge in [0.05, 0.1) is 10.5 Å². The minimum Gasteiger partial charge on any atom is -0.324 e. The van der Waals surface area contributed by atoms with Crippen molar-refractivity contribution in [2.45, 2.75) is 6.92 Å². The molecule has 0 spiro atoms. The molecule has 9 heteroatoms. The number of nitro groups is 1. The fraction of sp³-hybridized carbons (Fsp3) is 0.118.